The highest BCUT2D eigenvalue weighted by atomic mass is 32.1. The maximum Gasteiger partial charge on any atom is 0.320 e. The number of hydrogen-bond donors (Lipinski definition) is 1. The highest BCUT2D eigenvalue weighted by Gasteiger charge is 2.31. The van der Waals surface area contributed by atoms with Crippen molar-refractivity contribution in [3.05, 3.63) is 16.1 Å². The summed E-state index contributed by atoms with van der Waals surface area (Å²) in [6.07, 6.45) is 6.95. The maximum atomic E-state index is 11.2. The fourth-order valence-corrected chi connectivity index (χ4v) is 4.24. The van der Waals surface area contributed by atoms with Gasteiger partial charge in [0.25, 0.3) is 0 Å². The predicted molar refractivity (Wildman–Crippen MR) is 74.4 cm³/mol. The third-order valence-corrected chi connectivity index (χ3v) is 5.34. The van der Waals surface area contributed by atoms with Crippen LogP contribution in [0.1, 0.15) is 55.1 Å². The lowest BCUT2D eigenvalue weighted by atomic mass is 10.1. The molecule has 1 aliphatic carbocycles. The first kappa shape index (κ1) is 13.1. The van der Waals surface area contributed by atoms with Crippen molar-refractivity contribution in [2.75, 3.05) is 6.54 Å². The summed E-state index contributed by atoms with van der Waals surface area (Å²) in [6, 6.07) is -0.309. The van der Waals surface area contributed by atoms with E-state index < -0.39 is 5.97 Å². The molecule has 2 heterocycles. The molecule has 1 saturated carbocycles. The van der Waals surface area contributed by atoms with E-state index in [2.05, 4.69) is 10.3 Å². The Balaban J connectivity index is 1.65. The molecule has 1 saturated heterocycles. The number of carbonyl (C=O) groups is 1. The molecule has 3 rings (SSSR count). The number of carboxylic acid groups (broad SMARTS) is 1. The van der Waals surface area contributed by atoms with Crippen molar-refractivity contribution in [1.82, 2.24) is 9.88 Å². The molecule has 1 atom stereocenters. The van der Waals surface area contributed by atoms with Gasteiger partial charge in [0, 0.05) is 17.8 Å². The van der Waals surface area contributed by atoms with E-state index in [4.69, 9.17) is 4.98 Å². The van der Waals surface area contributed by atoms with Crippen molar-refractivity contribution in [2.24, 2.45) is 0 Å². The molecule has 2 fully saturated rings. The Morgan fingerprint density at radius 1 is 1.37 bits per heavy atom. The molecular formula is C14H20N2O2S. The smallest absolute Gasteiger partial charge is 0.320 e. The van der Waals surface area contributed by atoms with Crippen molar-refractivity contribution in [1.29, 1.82) is 0 Å². The van der Waals surface area contributed by atoms with Crippen LogP contribution in [0.25, 0.3) is 0 Å². The molecule has 1 aromatic heterocycles. The Kier molecular flexibility index (Phi) is 3.84. The Morgan fingerprint density at radius 3 is 2.89 bits per heavy atom. The van der Waals surface area contributed by atoms with Crippen LogP contribution in [0.3, 0.4) is 0 Å². The second-order valence-electron chi connectivity index (χ2n) is 5.63. The Labute approximate surface area is 117 Å². The van der Waals surface area contributed by atoms with E-state index in [9.17, 15) is 9.90 Å². The number of aliphatic carboxylic acids is 1. The number of carboxylic acids is 1. The molecule has 5 heteroatoms. The predicted octanol–water partition coefficient (Wildman–Crippen LogP) is 2.85. The number of likely N-dealkylation sites (tertiary alicyclic amines) is 1. The van der Waals surface area contributed by atoms with E-state index in [1.165, 1.54) is 30.7 Å². The van der Waals surface area contributed by atoms with Crippen LogP contribution in [0, 0.1) is 0 Å². The van der Waals surface area contributed by atoms with Gasteiger partial charge in [0.2, 0.25) is 0 Å². The lowest BCUT2D eigenvalue weighted by molar-refractivity contribution is -0.142. The number of nitrogens with zero attached hydrogens (tertiary/aromatic N) is 2. The monoisotopic (exact) mass is 280 g/mol. The average molecular weight is 280 g/mol. The lowest BCUT2D eigenvalue weighted by Crippen LogP contribution is -2.35. The molecule has 0 aromatic carbocycles. The van der Waals surface area contributed by atoms with Gasteiger partial charge in [-0.2, -0.15) is 0 Å². The molecule has 1 aromatic rings. The molecule has 0 unspecified atom stereocenters. The van der Waals surface area contributed by atoms with Gasteiger partial charge < -0.3 is 5.11 Å². The second kappa shape index (κ2) is 5.59. The van der Waals surface area contributed by atoms with Crippen molar-refractivity contribution in [2.45, 2.75) is 57.0 Å². The Bertz CT molecular complexity index is 454. The fourth-order valence-electron chi connectivity index (χ4n) is 3.26. The highest BCUT2D eigenvalue weighted by molar-refractivity contribution is 7.09. The minimum absolute atomic E-state index is 0.309. The zero-order valence-electron chi connectivity index (χ0n) is 11.0. The SMILES string of the molecule is O=C(O)[C@@H]1CCCN1Cc1csc(C2CCCC2)n1. The van der Waals surface area contributed by atoms with E-state index in [0.29, 0.717) is 12.5 Å². The molecule has 0 radical (unpaired) electrons. The normalized spacial score (nSPS) is 25.2. The number of thiazole rings is 1. The van der Waals surface area contributed by atoms with Gasteiger partial charge in [0.15, 0.2) is 0 Å². The molecule has 1 N–H and O–H groups in total. The standard InChI is InChI=1S/C14H20N2O2S/c17-14(18)12-6-3-7-16(12)8-11-9-19-13(15-11)10-4-1-2-5-10/h9-10,12H,1-8H2,(H,17,18)/t12-/m0/s1. The first-order valence-corrected chi connectivity index (χ1v) is 8.03. The zero-order chi connectivity index (χ0) is 13.2. The van der Waals surface area contributed by atoms with Crippen LogP contribution in [0.2, 0.25) is 0 Å². The van der Waals surface area contributed by atoms with Crippen LogP contribution in [-0.2, 0) is 11.3 Å². The molecule has 0 amide bonds. The first-order chi connectivity index (χ1) is 9.24. The third kappa shape index (κ3) is 2.82. The van der Waals surface area contributed by atoms with E-state index >= 15 is 0 Å². The van der Waals surface area contributed by atoms with Gasteiger partial charge in [0.1, 0.15) is 6.04 Å². The van der Waals surface area contributed by atoms with E-state index in [1.54, 1.807) is 11.3 Å². The topological polar surface area (TPSA) is 53.4 Å². The molecule has 104 valence electrons. The number of hydrogen-bond acceptors (Lipinski definition) is 4. The summed E-state index contributed by atoms with van der Waals surface area (Å²) in [4.78, 5) is 17.9. The van der Waals surface area contributed by atoms with Crippen LogP contribution >= 0.6 is 11.3 Å². The van der Waals surface area contributed by atoms with Crippen LogP contribution in [0.5, 0.6) is 0 Å². The van der Waals surface area contributed by atoms with Gasteiger partial charge in [-0.1, -0.05) is 12.8 Å². The summed E-state index contributed by atoms with van der Waals surface area (Å²) >= 11 is 1.75. The quantitative estimate of drug-likeness (QED) is 0.921. The largest absolute Gasteiger partial charge is 0.480 e. The van der Waals surface area contributed by atoms with E-state index in [1.807, 2.05) is 0 Å². The average Bonchev–Trinajstić information content (AvgIpc) is 3.09. The van der Waals surface area contributed by atoms with Crippen molar-refractivity contribution >= 4 is 17.3 Å². The van der Waals surface area contributed by atoms with Gasteiger partial charge in [-0.25, -0.2) is 4.98 Å². The third-order valence-electron chi connectivity index (χ3n) is 4.29. The second-order valence-corrected chi connectivity index (χ2v) is 6.51. The number of aromatic nitrogens is 1. The molecule has 2 aliphatic rings. The summed E-state index contributed by atoms with van der Waals surface area (Å²) in [6.45, 7) is 1.58. The molecule has 19 heavy (non-hydrogen) atoms. The fraction of sp³-hybridized carbons (Fsp3) is 0.714. The Hall–Kier alpha value is -0.940. The van der Waals surface area contributed by atoms with Crippen LogP contribution in [0.15, 0.2) is 5.38 Å². The minimum atomic E-state index is -0.691. The van der Waals surface area contributed by atoms with Gasteiger partial charge in [-0.3, -0.25) is 9.69 Å². The van der Waals surface area contributed by atoms with Crippen molar-refractivity contribution in [3.8, 4) is 0 Å². The van der Waals surface area contributed by atoms with Crippen LogP contribution < -0.4 is 0 Å². The van der Waals surface area contributed by atoms with Gasteiger partial charge >= 0.3 is 5.97 Å². The maximum absolute atomic E-state index is 11.2. The summed E-state index contributed by atoms with van der Waals surface area (Å²) in [5.74, 6) is -0.0312. The van der Waals surface area contributed by atoms with Crippen molar-refractivity contribution < 1.29 is 9.90 Å². The van der Waals surface area contributed by atoms with Gasteiger partial charge in [-0.05, 0) is 32.2 Å². The van der Waals surface area contributed by atoms with Crippen molar-refractivity contribution in [3.63, 3.8) is 0 Å². The minimum Gasteiger partial charge on any atom is -0.480 e. The van der Waals surface area contributed by atoms with Crippen LogP contribution in [-0.4, -0.2) is 33.5 Å². The summed E-state index contributed by atoms with van der Waals surface area (Å²) < 4.78 is 0. The first-order valence-electron chi connectivity index (χ1n) is 7.15. The number of rotatable bonds is 4. The summed E-state index contributed by atoms with van der Waals surface area (Å²) in [7, 11) is 0. The molecule has 0 bridgehead atoms. The van der Waals surface area contributed by atoms with Gasteiger partial charge in [0.05, 0.1) is 10.7 Å². The molecule has 4 nitrogen and oxygen atoms in total. The van der Waals surface area contributed by atoms with Gasteiger partial charge in [-0.15, -0.1) is 11.3 Å². The lowest BCUT2D eigenvalue weighted by Gasteiger charge is -2.19. The molecule has 1 aliphatic heterocycles. The van der Waals surface area contributed by atoms with E-state index in [-0.39, 0.29) is 6.04 Å². The zero-order valence-corrected chi connectivity index (χ0v) is 11.9. The van der Waals surface area contributed by atoms with E-state index in [0.717, 1.165) is 25.1 Å². The highest BCUT2D eigenvalue weighted by Crippen LogP contribution is 2.35. The molecular weight excluding hydrogens is 260 g/mol. The van der Waals surface area contributed by atoms with Crippen LogP contribution in [0.4, 0.5) is 0 Å². The molecule has 0 spiro atoms. The summed E-state index contributed by atoms with van der Waals surface area (Å²) in [5.41, 5.74) is 1.06. The summed E-state index contributed by atoms with van der Waals surface area (Å²) in [5, 5.41) is 12.6. The Morgan fingerprint density at radius 2 is 2.16 bits per heavy atom.